The zero-order valence-corrected chi connectivity index (χ0v) is 7.66. The number of aromatic nitrogens is 3. The summed E-state index contributed by atoms with van der Waals surface area (Å²) < 4.78 is 0. The maximum absolute atomic E-state index is 11.5. The first-order valence-electron chi connectivity index (χ1n) is 4.17. The lowest BCUT2D eigenvalue weighted by Crippen LogP contribution is -2.05. The van der Waals surface area contributed by atoms with E-state index in [0.29, 0.717) is 17.1 Å². The van der Waals surface area contributed by atoms with E-state index in [2.05, 4.69) is 15.2 Å². The SMILES string of the molecule is Cc1cc(=O)c(-c2cc(N)n[nH]2)c[nH]1. The van der Waals surface area contributed by atoms with Gasteiger partial charge in [0.2, 0.25) is 0 Å². The Balaban J connectivity index is 2.57. The molecule has 0 spiro atoms. The lowest BCUT2D eigenvalue weighted by atomic mass is 10.2. The second-order valence-electron chi connectivity index (χ2n) is 3.10. The van der Waals surface area contributed by atoms with Crippen LogP contribution in [-0.2, 0) is 0 Å². The highest BCUT2D eigenvalue weighted by molar-refractivity contribution is 5.60. The fourth-order valence-corrected chi connectivity index (χ4v) is 1.26. The summed E-state index contributed by atoms with van der Waals surface area (Å²) in [6.45, 7) is 1.83. The molecule has 0 radical (unpaired) electrons. The first-order chi connectivity index (χ1) is 6.66. The van der Waals surface area contributed by atoms with Crippen molar-refractivity contribution in [1.82, 2.24) is 15.2 Å². The standard InChI is InChI=1S/C9H10N4O/c1-5-2-8(14)6(4-11-5)7-3-9(10)13-12-7/h2-4H,1H3,(H,11,14)(H3,10,12,13). The number of nitrogens with two attached hydrogens (primary N) is 1. The van der Waals surface area contributed by atoms with Crippen molar-refractivity contribution in [2.75, 3.05) is 5.73 Å². The highest BCUT2D eigenvalue weighted by atomic mass is 16.1. The van der Waals surface area contributed by atoms with Crippen molar-refractivity contribution in [3.05, 3.63) is 34.2 Å². The Labute approximate surface area is 80.0 Å². The van der Waals surface area contributed by atoms with Crippen molar-refractivity contribution in [1.29, 1.82) is 0 Å². The molecule has 0 saturated heterocycles. The summed E-state index contributed by atoms with van der Waals surface area (Å²) in [5.74, 6) is 0.375. The summed E-state index contributed by atoms with van der Waals surface area (Å²) in [6, 6.07) is 3.16. The Bertz CT molecular complexity index is 512. The lowest BCUT2D eigenvalue weighted by molar-refractivity contribution is 1.09. The van der Waals surface area contributed by atoms with Crippen LogP contribution < -0.4 is 11.2 Å². The molecular formula is C9H10N4O. The third-order valence-corrected chi connectivity index (χ3v) is 1.95. The van der Waals surface area contributed by atoms with Crippen molar-refractivity contribution in [2.45, 2.75) is 6.92 Å². The molecule has 5 heteroatoms. The van der Waals surface area contributed by atoms with Gasteiger partial charge in [-0.1, -0.05) is 0 Å². The zero-order chi connectivity index (χ0) is 10.1. The molecule has 0 atom stereocenters. The zero-order valence-electron chi connectivity index (χ0n) is 7.66. The van der Waals surface area contributed by atoms with Gasteiger partial charge in [-0.3, -0.25) is 9.89 Å². The number of hydrogen-bond donors (Lipinski definition) is 3. The summed E-state index contributed by atoms with van der Waals surface area (Å²) >= 11 is 0. The molecule has 0 amide bonds. The Morgan fingerprint density at radius 3 is 2.79 bits per heavy atom. The van der Waals surface area contributed by atoms with Crippen LogP contribution in [0.15, 0.2) is 23.1 Å². The first kappa shape index (κ1) is 8.55. The molecular weight excluding hydrogens is 180 g/mol. The molecule has 0 aliphatic heterocycles. The van der Waals surface area contributed by atoms with Crippen LogP contribution in [0.25, 0.3) is 11.3 Å². The maximum atomic E-state index is 11.5. The summed E-state index contributed by atoms with van der Waals surface area (Å²) in [7, 11) is 0. The number of hydrogen-bond acceptors (Lipinski definition) is 3. The second-order valence-corrected chi connectivity index (χ2v) is 3.10. The summed E-state index contributed by atoms with van der Waals surface area (Å²) in [6.07, 6.45) is 1.64. The quantitative estimate of drug-likeness (QED) is 0.617. The minimum atomic E-state index is -0.0510. The monoisotopic (exact) mass is 190 g/mol. The molecule has 0 saturated carbocycles. The number of aryl methyl sites for hydroxylation is 1. The third-order valence-electron chi connectivity index (χ3n) is 1.95. The van der Waals surface area contributed by atoms with E-state index < -0.39 is 0 Å². The van der Waals surface area contributed by atoms with E-state index in [1.54, 1.807) is 12.3 Å². The van der Waals surface area contributed by atoms with Gasteiger partial charge in [0.15, 0.2) is 5.43 Å². The average molecular weight is 190 g/mol. The van der Waals surface area contributed by atoms with Crippen molar-refractivity contribution >= 4 is 5.82 Å². The smallest absolute Gasteiger partial charge is 0.191 e. The molecule has 14 heavy (non-hydrogen) atoms. The molecule has 0 aromatic carbocycles. The highest BCUT2D eigenvalue weighted by Crippen LogP contribution is 2.13. The fraction of sp³-hybridized carbons (Fsp3) is 0.111. The Hall–Kier alpha value is -2.04. The molecule has 5 nitrogen and oxygen atoms in total. The number of aromatic amines is 2. The fourth-order valence-electron chi connectivity index (χ4n) is 1.26. The minimum absolute atomic E-state index is 0.0510. The molecule has 2 heterocycles. The largest absolute Gasteiger partial charge is 0.382 e. The minimum Gasteiger partial charge on any atom is -0.382 e. The molecule has 72 valence electrons. The van der Waals surface area contributed by atoms with Gasteiger partial charge in [-0.15, -0.1) is 0 Å². The summed E-state index contributed by atoms with van der Waals surface area (Å²) in [5, 5.41) is 6.44. The van der Waals surface area contributed by atoms with Gasteiger partial charge in [0.05, 0.1) is 11.3 Å². The van der Waals surface area contributed by atoms with Crippen LogP contribution in [-0.4, -0.2) is 15.2 Å². The topological polar surface area (TPSA) is 87.6 Å². The highest BCUT2D eigenvalue weighted by Gasteiger charge is 2.05. The van der Waals surface area contributed by atoms with Crippen LogP contribution in [0, 0.1) is 6.92 Å². The van der Waals surface area contributed by atoms with E-state index in [1.807, 2.05) is 6.92 Å². The van der Waals surface area contributed by atoms with E-state index >= 15 is 0 Å². The van der Waals surface area contributed by atoms with Gasteiger partial charge in [0, 0.05) is 24.0 Å². The van der Waals surface area contributed by atoms with Crippen LogP contribution in [0.3, 0.4) is 0 Å². The summed E-state index contributed by atoms with van der Waals surface area (Å²) in [4.78, 5) is 14.5. The van der Waals surface area contributed by atoms with Gasteiger partial charge in [-0.25, -0.2) is 0 Å². The van der Waals surface area contributed by atoms with Crippen LogP contribution in [0.1, 0.15) is 5.69 Å². The molecule has 0 aliphatic carbocycles. The van der Waals surface area contributed by atoms with Gasteiger partial charge >= 0.3 is 0 Å². The Kier molecular flexibility index (Phi) is 1.85. The molecule has 2 aromatic rings. The van der Waals surface area contributed by atoms with Crippen molar-refractivity contribution in [3.63, 3.8) is 0 Å². The predicted octanol–water partition coefficient (Wildman–Crippen LogP) is 0.656. The third kappa shape index (κ3) is 1.39. The normalized spacial score (nSPS) is 10.4. The van der Waals surface area contributed by atoms with Crippen LogP contribution in [0.2, 0.25) is 0 Å². The molecule has 2 aromatic heterocycles. The number of rotatable bonds is 1. The molecule has 0 unspecified atom stereocenters. The predicted molar refractivity (Wildman–Crippen MR) is 53.8 cm³/mol. The van der Waals surface area contributed by atoms with Crippen LogP contribution in [0.4, 0.5) is 5.82 Å². The van der Waals surface area contributed by atoms with Crippen LogP contribution >= 0.6 is 0 Å². The maximum Gasteiger partial charge on any atom is 0.191 e. The number of nitrogen functional groups attached to an aromatic ring is 1. The van der Waals surface area contributed by atoms with Gasteiger partial charge in [0.1, 0.15) is 5.82 Å². The van der Waals surface area contributed by atoms with Crippen molar-refractivity contribution in [3.8, 4) is 11.3 Å². The van der Waals surface area contributed by atoms with E-state index in [0.717, 1.165) is 5.69 Å². The van der Waals surface area contributed by atoms with Gasteiger partial charge in [0.25, 0.3) is 0 Å². The first-order valence-corrected chi connectivity index (χ1v) is 4.17. The molecule has 2 rings (SSSR count). The van der Waals surface area contributed by atoms with E-state index in [-0.39, 0.29) is 5.43 Å². The van der Waals surface area contributed by atoms with Gasteiger partial charge in [-0.05, 0) is 6.92 Å². The van der Waals surface area contributed by atoms with Crippen LogP contribution in [0.5, 0.6) is 0 Å². The average Bonchev–Trinajstić information content (AvgIpc) is 2.51. The van der Waals surface area contributed by atoms with Gasteiger partial charge < -0.3 is 10.7 Å². The molecule has 0 aliphatic rings. The second kappa shape index (κ2) is 3.02. The van der Waals surface area contributed by atoms with Crippen molar-refractivity contribution in [2.24, 2.45) is 0 Å². The Morgan fingerprint density at radius 2 is 2.21 bits per heavy atom. The van der Waals surface area contributed by atoms with Gasteiger partial charge in [-0.2, -0.15) is 5.10 Å². The number of nitrogens with one attached hydrogen (secondary N) is 2. The molecule has 0 fully saturated rings. The lowest BCUT2D eigenvalue weighted by Gasteiger charge is -1.96. The van der Waals surface area contributed by atoms with E-state index in [4.69, 9.17) is 5.73 Å². The Morgan fingerprint density at radius 1 is 1.43 bits per heavy atom. The van der Waals surface area contributed by atoms with Crippen molar-refractivity contribution < 1.29 is 0 Å². The number of nitrogens with zero attached hydrogens (tertiary/aromatic N) is 1. The number of anilines is 1. The van der Waals surface area contributed by atoms with E-state index in [1.165, 1.54) is 6.07 Å². The molecule has 4 N–H and O–H groups in total. The van der Waals surface area contributed by atoms with E-state index in [9.17, 15) is 4.79 Å². The number of pyridine rings is 1. The number of H-pyrrole nitrogens is 2. The summed E-state index contributed by atoms with van der Waals surface area (Å²) in [5.41, 5.74) is 7.39. The molecule has 0 bridgehead atoms.